The summed E-state index contributed by atoms with van der Waals surface area (Å²) >= 11 is 0. The SMILES string of the molecule is CC1(C)c2ccccc2-c2cc(-c3c4ccccc4c(-c4ccc5c(c4)c4ccccc4p5-c4ccccc4)c4ccc(-c5ccccc5)cc34)ccc21. The maximum atomic E-state index is 2.49. The molecule has 0 saturated carbocycles. The van der Waals surface area contributed by atoms with Crippen molar-refractivity contribution in [3.8, 4) is 49.8 Å². The van der Waals surface area contributed by atoms with Crippen molar-refractivity contribution in [3.63, 3.8) is 0 Å². The molecule has 1 atom stereocenters. The van der Waals surface area contributed by atoms with E-state index < -0.39 is 7.53 Å². The van der Waals surface area contributed by atoms with Gasteiger partial charge in [0.05, 0.1) is 0 Å². The fourth-order valence-electron chi connectivity index (χ4n) is 9.47. The lowest BCUT2D eigenvalue weighted by molar-refractivity contribution is 0.660. The average molecular weight is 705 g/mol. The van der Waals surface area contributed by atoms with Gasteiger partial charge in [-0.25, -0.2) is 0 Å². The van der Waals surface area contributed by atoms with Crippen molar-refractivity contribution in [2.45, 2.75) is 19.3 Å². The highest BCUT2D eigenvalue weighted by molar-refractivity contribution is 7.67. The second-order valence-electron chi connectivity index (χ2n) is 15.3. The highest BCUT2D eigenvalue weighted by Gasteiger charge is 2.35. The number of benzene rings is 9. The van der Waals surface area contributed by atoms with E-state index in [-0.39, 0.29) is 5.41 Å². The van der Waals surface area contributed by atoms with E-state index in [1.165, 1.54) is 103 Å². The number of hydrogen-bond acceptors (Lipinski definition) is 0. The van der Waals surface area contributed by atoms with Gasteiger partial charge in [0.25, 0.3) is 0 Å². The zero-order chi connectivity index (χ0) is 36.0. The first-order chi connectivity index (χ1) is 26.6. The van der Waals surface area contributed by atoms with Crippen LogP contribution in [-0.2, 0) is 5.41 Å². The number of fused-ring (bicyclic) bond motifs is 8. The highest BCUT2D eigenvalue weighted by atomic mass is 31.1. The van der Waals surface area contributed by atoms with Gasteiger partial charge in [-0.3, -0.25) is 0 Å². The maximum absolute atomic E-state index is 2.49. The van der Waals surface area contributed by atoms with Crippen LogP contribution in [0.1, 0.15) is 25.0 Å². The molecule has 0 fully saturated rings. The molecule has 11 rings (SSSR count). The van der Waals surface area contributed by atoms with Gasteiger partial charge >= 0.3 is 0 Å². The molecule has 0 saturated heterocycles. The third-order valence-corrected chi connectivity index (χ3v) is 14.5. The fourth-order valence-corrected chi connectivity index (χ4v) is 12.1. The first-order valence-electron chi connectivity index (χ1n) is 18.9. The summed E-state index contributed by atoms with van der Waals surface area (Å²) in [4.78, 5) is 0. The minimum absolute atomic E-state index is 0.0357. The molecule has 1 aliphatic carbocycles. The maximum Gasteiger partial charge on any atom is 0.0158 e. The molecule has 0 spiro atoms. The topological polar surface area (TPSA) is 0 Å². The molecule has 1 aliphatic rings. The van der Waals surface area contributed by atoms with Crippen molar-refractivity contribution in [2.24, 2.45) is 0 Å². The molecule has 1 unspecified atom stereocenters. The summed E-state index contributed by atoms with van der Waals surface area (Å²) < 4.78 is 0. The molecule has 9 aromatic carbocycles. The van der Waals surface area contributed by atoms with E-state index in [0.717, 1.165) is 0 Å². The van der Waals surface area contributed by atoms with Gasteiger partial charge in [0.15, 0.2) is 0 Å². The Morgan fingerprint density at radius 3 is 1.67 bits per heavy atom. The lowest BCUT2D eigenvalue weighted by atomic mass is 9.81. The Kier molecular flexibility index (Phi) is 6.91. The Labute approximate surface area is 317 Å². The van der Waals surface area contributed by atoms with Crippen molar-refractivity contribution in [1.82, 2.24) is 0 Å². The van der Waals surface area contributed by atoms with Crippen LogP contribution in [0.4, 0.5) is 0 Å². The molecule has 0 nitrogen and oxygen atoms in total. The average Bonchev–Trinajstić information content (AvgIpc) is 3.68. The predicted octanol–water partition coefficient (Wildman–Crippen LogP) is 15.6. The largest absolute Gasteiger partial charge is 0.0772 e. The van der Waals surface area contributed by atoms with Gasteiger partial charge in [0.2, 0.25) is 0 Å². The van der Waals surface area contributed by atoms with Crippen molar-refractivity contribution >= 4 is 50.1 Å². The van der Waals surface area contributed by atoms with Crippen molar-refractivity contribution in [3.05, 3.63) is 199 Å². The molecule has 0 radical (unpaired) electrons. The molecular weight excluding hydrogens is 668 g/mol. The Morgan fingerprint density at radius 2 is 0.870 bits per heavy atom. The summed E-state index contributed by atoms with van der Waals surface area (Å²) in [5, 5.41) is 12.1. The fraction of sp³-hybridized carbons (Fsp3) is 0.0566. The molecule has 1 heteroatoms. The van der Waals surface area contributed by atoms with E-state index in [2.05, 4.69) is 202 Å². The van der Waals surface area contributed by atoms with Gasteiger partial charge in [0.1, 0.15) is 0 Å². The number of hydrogen-bond donors (Lipinski definition) is 0. The molecule has 1 aromatic heterocycles. The third kappa shape index (κ3) is 4.57. The summed E-state index contributed by atoms with van der Waals surface area (Å²) in [5.41, 5.74) is 13.0. The molecule has 1 heterocycles. The second kappa shape index (κ2) is 11.9. The van der Waals surface area contributed by atoms with E-state index >= 15 is 0 Å². The van der Waals surface area contributed by atoms with Gasteiger partial charge in [0, 0.05) is 15.7 Å². The number of rotatable bonds is 4. The summed E-state index contributed by atoms with van der Waals surface area (Å²) in [5.74, 6) is 0. The van der Waals surface area contributed by atoms with E-state index in [4.69, 9.17) is 0 Å². The third-order valence-electron chi connectivity index (χ3n) is 12.0. The van der Waals surface area contributed by atoms with Crippen molar-refractivity contribution in [2.75, 3.05) is 0 Å². The molecule has 54 heavy (non-hydrogen) atoms. The first-order valence-corrected chi connectivity index (χ1v) is 20.3. The molecule has 0 N–H and O–H groups in total. The van der Waals surface area contributed by atoms with Crippen LogP contribution in [0.5, 0.6) is 0 Å². The van der Waals surface area contributed by atoms with Gasteiger partial charge in [-0.15, -0.1) is 0 Å². The standard InChI is InChI=1S/C53H37P/c1-53(2)47-23-13-11-19-39(47)44-32-36(26-29-48(44)53)52-42-22-10-9-21-41(42)51(43-28-25-35(31-46(43)52)34-15-5-3-6-16-34)37-27-30-50-45(33-37)40-20-12-14-24-49(40)54(50)38-17-7-4-8-18-38/h3-33H,1-2H3. The van der Waals surface area contributed by atoms with Crippen LogP contribution in [0.25, 0.3) is 92.4 Å². The highest BCUT2D eigenvalue weighted by Crippen LogP contribution is 2.56. The van der Waals surface area contributed by atoms with Crippen molar-refractivity contribution in [1.29, 1.82) is 0 Å². The minimum atomic E-state index is -0.616. The summed E-state index contributed by atoms with van der Waals surface area (Å²) in [6.45, 7) is 4.72. The Bertz CT molecular complexity index is 3110. The zero-order valence-electron chi connectivity index (χ0n) is 30.3. The van der Waals surface area contributed by atoms with Gasteiger partial charge < -0.3 is 0 Å². The van der Waals surface area contributed by atoms with E-state index in [1.807, 2.05) is 0 Å². The van der Waals surface area contributed by atoms with Crippen LogP contribution in [0.15, 0.2) is 188 Å². The van der Waals surface area contributed by atoms with Crippen LogP contribution in [0.2, 0.25) is 0 Å². The Hall–Kier alpha value is -6.20. The monoisotopic (exact) mass is 704 g/mol. The van der Waals surface area contributed by atoms with Crippen LogP contribution in [0, 0.1) is 0 Å². The normalized spacial score (nSPS) is 13.5. The zero-order valence-corrected chi connectivity index (χ0v) is 31.2. The van der Waals surface area contributed by atoms with E-state index in [9.17, 15) is 0 Å². The molecule has 0 aliphatic heterocycles. The molecule has 0 bridgehead atoms. The van der Waals surface area contributed by atoms with Gasteiger partial charge in [-0.1, -0.05) is 185 Å². The van der Waals surface area contributed by atoms with Crippen LogP contribution in [-0.4, -0.2) is 0 Å². The van der Waals surface area contributed by atoms with E-state index in [0.29, 0.717) is 0 Å². The van der Waals surface area contributed by atoms with E-state index in [1.54, 1.807) is 0 Å². The molecule has 10 aromatic rings. The minimum Gasteiger partial charge on any atom is -0.0772 e. The van der Waals surface area contributed by atoms with Crippen LogP contribution >= 0.6 is 7.53 Å². The van der Waals surface area contributed by atoms with Gasteiger partial charge in [-0.2, -0.15) is 0 Å². The summed E-state index contributed by atoms with van der Waals surface area (Å²) in [6, 6.07) is 70.7. The lowest BCUT2D eigenvalue weighted by Crippen LogP contribution is -2.14. The van der Waals surface area contributed by atoms with Crippen LogP contribution < -0.4 is 0 Å². The Balaban J connectivity index is 1.22. The molecular formula is C53H37P. The second-order valence-corrected chi connectivity index (χ2v) is 17.4. The smallest absolute Gasteiger partial charge is 0.0158 e. The molecule has 0 amide bonds. The first kappa shape index (κ1) is 31.3. The summed E-state index contributed by atoms with van der Waals surface area (Å²) in [7, 11) is -0.616. The Morgan fingerprint density at radius 1 is 0.333 bits per heavy atom. The quantitative estimate of drug-likeness (QED) is 0.160. The van der Waals surface area contributed by atoms with Crippen LogP contribution in [0.3, 0.4) is 0 Å². The van der Waals surface area contributed by atoms with Gasteiger partial charge in [-0.05, 0) is 118 Å². The lowest BCUT2D eigenvalue weighted by Gasteiger charge is -2.22. The molecule has 254 valence electrons. The summed E-state index contributed by atoms with van der Waals surface area (Å²) in [6.07, 6.45) is 0. The predicted molar refractivity (Wildman–Crippen MR) is 234 cm³/mol. The van der Waals surface area contributed by atoms with Crippen molar-refractivity contribution < 1.29 is 0 Å².